The molecule has 2 atom stereocenters. The molecule has 2 aromatic rings. The molecule has 0 aliphatic carbocycles. The number of hydroxylamine groups is 1. The van der Waals surface area contributed by atoms with Gasteiger partial charge in [0.1, 0.15) is 36.9 Å². The van der Waals surface area contributed by atoms with Crippen LogP contribution in [0.15, 0.2) is 24.4 Å². The van der Waals surface area contributed by atoms with Crippen LogP contribution in [0.4, 0.5) is 25.1 Å². The lowest BCUT2D eigenvalue weighted by Crippen LogP contribution is -2.38. The van der Waals surface area contributed by atoms with Crippen molar-refractivity contribution in [1.82, 2.24) is 15.0 Å². The number of hydrogen-bond donors (Lipinski definition) is 3. The van der Waals surface area contributed by atoms with Crippen LogP contribution in [-0.2, 0) is 16.1 Å². The fourth-order valence-corrected chi connectivity index (χ4v) is 3.37. The standard InChI is InChI=1S/C18H19F2N5O5/c1-9(17(26)23-28)21-10-2-3-11-13(6-10)29-5-4-24-7-14(22-16(11)24)25-12(15(19)20)8-30-18(25)27/h2-3,6-7,9,12,15,21,28H,4-5,8H2,1H3,(H,23,26)/t9-,12-/m0/s1. The molecule has 0 bridgehead atoms. The Bertz CT molecular complexity index is 982. The number of benzene rings is 1. The van der Waals surface area contributed by atoms with Crippen LogP contribution in [0.25, 0.3) is 11.4 Å². The van der Waals surface area contributed by atoms with Gasteiger partial charge in [-0.2, -0.15) is 0 Å². The van der Waals surface area contributed by atoms with Crippen LogP contribution in [0.1, 0.15) is 6.92 Å². The Hall–Kier alpha value is -3.41. The Morgan fingerprint density at radius 1 is 1.37 bits per heavy atom. The number of rotatable bonds is 5. The Labute approximate surface area is 169 Å². The Kier molecular flexibility index (Phi) is 5.16. The summed E-state index contributed by atoms with van der Waals surface area (Å²) in [5.74, 6) is 0.415. The number of imidazole rings is 1. The zero-order chi connectivity index (χ0) is 21.4. The van der Waals surface area contributed by atoms with Crippen molar-refractivity contribution in [3.8, 4) is 17.1 Å². The molecule has 1 fully saturated rings. The highest BCUT2D eigenvalue weighted by Gasteiger charge is 2.42. The molecule has 1 saturated heterocycles. The predicted octanol–water partition coefficient (Wildman–Crippen LogP) is 1.84. The number of fused-ring (bicyclic) bond motifs is 3. The number of halogens is 2. The van der Waals surface area contributed by atoms with Crippen molar-refractivity contribution in [3.63, 3.8) is 0 Å². The number of ether oxygens (including phenoxy) is 2. The number of hydrogen-bond acceptors (Lipinski definition) is 7. The highest BCUT2D eigenvalue weighted by atomic mass is 19.3. The van der Waals surface area contributed by atoms with Crippen molar-refractivity contribution in [2.45, 2.75) is 32.0 Å². The van der Waals surface area contributed by atoms with Crippen LogP contribution in [0, 0.1) is 0 Å². The highest BCUT2D eigenvalue weighted by molar-refractivity contribution is 5.90. The lowest BCUT2D eigenvalue weighted by molar-refractivity contribution is -0.129. The molecule has 0 saturated carbocycles. The summed E-state index contributed by atoms with van der Waals surface area (Å²) in [4.78, 5) is 28.7. The third kappa shape index (κ3) is 3.49. The van der Waals surface area contributed by atoms with Gasteiger partial charge in [-0.3, -0.25) is 10.0 Å². The number of aromatic nitrogens is 2. The Morgan fingerprint density at radius 3 is 2.90 bits per heavy atom. The normalized spacial score (nSPS) is 18.8. The smallest absolute Gasteiger partial charge is 0.416 e. The van der Waals surface area contributed by atoms with Gasteiger partial charge >= 0.3 is 6.09 Å². The van der Waals surface area contributed by atoms with Crippen molar-refractivity contribution >= 4 is 23.5 Å². The second-order valence-electron chi connectivity index (χ2n) is 6.87. The van der Waals surface area contributed by atoms with Crippen LogP contribution in [0.5, 0.6) is 5.75 Å². The molecular weight excluding hydrogens is 404 g/mol. The topological polar surface area (TPSA) is 118 Å². The first kappa shape index (κ1) is 19.9. The van der Waals surface area contributed by atoms with Crippen molar-refractivity contribution in [2.75, 3.05) is 23.4 Å². The third-order valence-electron chi connectivity index (χ3n) is 4.91. The molecule has 3 N–H and O–H groups in total. The van der Waals surface area contributed by atoms with E-state index in [-0.39, 0.29) is 12.4 Å². The zero-order valence-electron chi connectivity index (χ0n) is 15.8. The number of nitrogens with one attached hydrogen (secondary N) is 2. The molecule has 2 amide bonds. The first-order chi connectivity index (χ1) is 14.4. The summed E-state index contributed by atoms with van der Waals surface area (Å²) in [5, 5.41) is 11.7. The van der Waals surface area contributed by atoms with E-state index in [0.29, 0.717) is 29.4 Å². The molecule has 160 valence electrons. The van der Waals surface area contributed by atoms with Gasteiger partial charge in [0.05, 0.1) is 12.1 Å². The van der Waals surface area contributed by atoms with E-state index in [0.717, 1.165) is 4.90 Å². The summed E-state index contributed by atoms with van der Waals surface area (Å²) >= 11 is 0. The minimum Gasteiger partial charge on any atom is -0.491 e. The maximum Gasteiger partial charge on any atom is 0.416 e. The van der Waals surface area contributed by atoms with Gasteiger partial charge in [0, 0.05) is 18.0 Å². The Balaban J connectivity index is 1.66. The number of anilines is 2. The second kappa shape index (κ2) is 7.78. The van der Waals surface area contributed by atoms with E-state index in [2.05, 4.69) is 10.3 Å². The van der Waals surface area contributed by atoms with Gasteiger partial charge in [-0.1, -0.05) is 0 Å². The van der Waals surface area contributed by atoms with Crippen LogP contribution in [0.3, 0.4) is 0 Å². The van der Waals surface area contributed by atoms with Crippen molar-refractivity contribution in [1.29, 1.82) is 0 Å². The van der Waals surface area contributed by atoms with Crippen molar-refractivity contribution in [2.24, 2.45) is 0 Å². The first-order valence-corrected chi connectivity index (χ1v) is 9.18. The monoisotopic (exact) mass is 423 g/mol. The SMILES string of the molecule is C[C@H](Nc1ccc2c(c1)OCCn1cc(N3C(=O)OC[C@H]3C(F)F)nc1-2)C(=O)NO. The molecule has 30 heavy (non-hydrogen) atoms. The molecule has 4 rings (SSSR count). The predicted molar refractivity (Wildman–Crippen MR) is 99.8 cm³/mol. The van der Waals surface area contributed by atoms with Gasteiger partial charge in [-0.25, -0.2) is 28.9 Å². The molecule has 1 aromatic heterocycles. The summed E-state index contributed by atoms with van der Waals surface area (Å²) < 4.78 is 38.8. The lowest BCUT2D eigenvalue weighted by Gasteiger charge is -2.17. The first-order valence-electron chi connectivity index (χ1n) is 9.18. The molecule has 10 nitrogen and oxygen atoms in total. The summed E-state index contributed by atoms with van der Waals surface area (Å²) in [5.41, 5.74) is 2.75. The Morgan fingerprint density at radius 2 is 2.17 bits per heavy atom. The molecule has 2 aliphatic heterocycles. The number of cyclic esters (lactones) is 1. The maximum absolute atomic E-state index is 13.3. The van der Waals surface area contributed by atoms with E-state index in [1.165, 1.54) is 6.20 Å². The van der Waals surface area contributed by atoms with E-state index in [4.69, 9.17) is 14.7 Å². The number of carbonyl (C=O) groups excluding carboxylic acids is 2. The van der Waals surface area contributed by atoms with E-state index >= 15 is 0 Å². The maximum atomic E-state index is 13.3. The third-order valence-corrected chi connectivity index (χ3v) is 4.91. The fourth-order valence-electron chi connectivity index (χ4n) is 3.37. The average Bonchev–Trinajstić information content (AvgIpc) is 3.26. The molecule has 2 aliphatic rings. The summed E-state index contributed by atoms with van der Waals surface area (Å²) in [6.07, 6.45) is -2.10. The van der Waals surface area contributed by atoms with Crippen molar-refractivity contribution in [3.05, 3.63) is 24.4 Å². The number of carbonyl (C=O) groups is 2. The quantitative estimate of drug-likeness (QED) is 0.496. The highest BCUT2D eigenvalue weighted by Crippen LogP contribution is 2.36. The fraction of sp³-hybridized carbons (Fsp3) is 0.389. The minimum absolute atomic E-state index is 0.0843. The molecule has 12 heteroatoms. The largest absolute Gasteiger partial charge is 0.491 e. The van der Waals surface area contributed by atoms with Crippen LogP contribution < -0.4 is 20.4 Å². The van der Waals surface area contributed by atoms with E-state index in [1.54, 1.807) is 35.2 Å². The molecule has 0 radical (unpaired) electrons. The minimum atomic E-state index is -2.76. The van der Waals surface area contributed by atoms with Gasteiger partial charge in [-0.05, 0) is 19.1 Å². The van der Waals surface area contributed by atoms with Crippen LogP contribution >= 0.6 is 0 Å². The number of amides is 2. The second-order valence-corrected chi connectivity index (χ2v) is 6.87. The number of alkyl halides is 2. The molecule has 0 spiro atoms. The van der Waals surface area contributed by atoms with Crippen LogP contribution in [-0.4, -0.2) is 58.5 Å². The average molecular weight is 423 g/mol. The van der Waals surface area contributed by atoms with E-state index in [9.17, 15) is 18.4 Å². The number of nitrogens with zero attached hydrogens (tertiary/aromatic N) is 3. The summed E-state index contributed by atoms with van der Waals surface area (Å²) in [6, 6.07) is 2.99. The molecular formula is C18H19F2N5O5. The van der Waals surface area contributed by atoms with E-state index < -0.39 is 37.1 Å². The molecule has 1 aromatic carbocycles. The molecule has 0 unspecified atom stereocenters. The van der Waals surface area contributed by atoms with Gasteiger partial charge in [0.2, 0.25) is 0 Å². The van der Waals surface area contributed by atoms with Gasteiger partial charge in [-0.15, -0.1) is 0 Å². The van der Waals surface area contributed by atoms with E-state index in [1.807, 2.05) is 0 Å². The lowest BCUT2D eigenvalue weighted by atomic mass is 10.1. The van der Waals surface area contributed by atoms with Gasteiger partial charge in [0.25, 0.3) is 12.3 Å². The molecule has 3 heterocycles. The summed E-state index contributed by atoms with van der Waals surface area (Å²) in [7, 11) is 0. The van der Waals surface area contributed by atoms with Gasteiger partial charge in [0.15, 0.2) is 5.82 Å². The van der Waals surface area contributed by atoms with Crippen molar-refractivity contribution < 1.29 is 33.1 Å². The summed E-state index contributed by atoms with van der Waals surface area (Å²) in [6.45, 7) is 1.86. The van der Waals surface area contributed by atoms with Gasteiger partial charge < -0.3 is 19.4 Å². The van der Waals surface area contributed by atoms with Crippen LogP contribution in [0.2, 0.25) is 0 Å². The zero-order valence-corrected chi connectivity index (χ0v) is 15.8.